The molecule has 0 unspecified atom stereocenters. The van der Waals surface area contributed by atoms with Crippen LogP contribution in [0.1, 0.15) is 39.3 Å². The summed E-state index contributed by atoms with van der Waals surface area (Å²) in [4.78, 5) is 73.6. The Bertz CT molecular complexity index is 1340. The second kappa shape index (κ2) is 11.9. The van der Waals surface area contributed by atoms with Gasteiger partial charge < -0.3 is 24.2 Å². The number of thiazole rings is 1. The summed E-state index contributed by atoms with van der Waals surface area (Å²) in [5.41, 5.74) is -2.29. The van der Waals surface area contributed by atoms with Crippen LogP contribution in [0.25, 0.3) is 0 Å². The molecule has 41 heavy (non-hydrogen) atoms. The van der Waals surface area contributed by atoms with Gasteiger partial charge in [-0.2, -0.15) is 0 Å². The summed E-state index contributed by atoms with van der Waals surface area (Å²) >= 11 is 8.16. The zero-order valence-electron chi connectivity index (χ0n) is 21.9. The second-order valence-corrected chi connectivity index (χ2v) is 12.2. The number of amides is 3. The standard InChI is InChI=1S/C22H22B2ClN5O9S2/c1-21(2,3)36-20(35)28-19-26-10(8-41-19)11(29-39-22(4-5-22)18(34)38-24)14(31)27-12-15(32)30-13(17(33)37-23)9(6-25)7-40-16(12)30/h8,12,16H,4-7H2,1-3H3,(H,27,31)(H,26,28,35)/b29-11-/t12-,16-/m1/s1. The Morgan fingerprint density at radius 2 is 1.95 bits per heavy atom. The van der Waals surface area contributed by atoms with Crippen LogP contribution in [-0.2, 0) is 38.1 Å². The second-order valence-electron chi connectivity index (χ2n) is 9.95. The van der Waals surface area contributed by atoms with Crippen LogP contribution < -0.4 is 10.6 Å². The SMILES string of the molecule is [B]OC(=O)C1=C(CCl)CS[C@@H]2[C@H](NC(=O)/C(=N\OC3(C(=O)O[B])CC3)c3csc(NC(=O)OC(C)(C)C)n3)C(=O)N12. The van der Waals surface area contributed by atoms with Gasteiger partial charge in [0, 0.05) is 29.9 Å². The fourth-order valence-corrected chi connectivity index (χ4v) is 6.12. The van der Waals surface area contributed by atoms with Crippen molar-refractivity contribution in [2.45, 2.75) is 56.2 Å². The van der Waals surface area contributed by atoms with Crippen molar-refractivity contribution in [3.63, 3.8) is 0 Å². The Labute approximate surface area is 249 Å². The number of carbonyl (C=O) groups excluding carboxylic acids is 5. The number of alkyl halides is 1. The van der Waals surface area contributed by atoms with Crippen molar-refractivity contribution in [1.82, 2.24) is 15.2 Å². The summed E-state index contributed by atoms with van der Waals surface area (Å²) in [5.74, 6) is -3.06. The fraction of sp³-hybridized carbons (Fsp3) is 0.500. The number of nitrogens with one attached hydrogen (secondary N) is 2. The van der Waals surface area contributed by atoms with Gasteiger partial charge in [0.2, 0.25) is 5.60 Å². The van der Waals surface area contributed by atoms with E-state index in [1.54, 1.807) is 20.8 Å². The topological polar surface area (TPSA) is 175 Å². The monoisotopic (exact) mass is 621 g/mol. The summed E-state index contributed by atoms with van der Waals surface area (Å²) < 4.78 is 13.8. The number of nitrogens with zero attached hydrogens (tertiary/aromatic N) is 3. The summed E-state index contributed by atoms with van der Waals surface area (Å²) in [5, 5.41) is 9.71. The molecule has 0 spiro atoms. The van der Waals surface area contributed by atoms with Gasteiger partial charge in [0.15, 0.2) is 10.8 Å². The molecule has 2 fully saturated rings. The summed E-state index contributed by atoms with van der Waals surface area (Å²) in [6, 6.07) is -1.07. The van der Waals surface area contributed by atoms with Crippen molar-refractivity contribution < 1.29 is 42.9 Å². The van der Waals surface area contributed by atoms with Crippen LogP contribution in [0.2, 0.25) is 0 Å². The number of hydrogen-bond donors (Lipinski definition) is 2. The quantitative estimate of drug-likeness (QED) is 0.132. The minimum atomic E-state index is -1.46. The molecule has 214 valence electrons. The lowest BCUT2D eigenvalue weighted by Gasteiger charge is -2.49. The predicted molar refractivity (Wildman–Crippen MR) is 148 cm³/mol. The van der Waals surface area contributed by atoms with Crippen molar-refractivity contribution in [2.75, 3.05) is 16.9 Å². The number of hydrogen-bond acceptors (Lipinski definition) is 13. The van der Waals surface area contributed by atoms with Gasteiger partial charge in [-0.3, -0.25) is 19.8 Å². The van der Waals surface area contributed by atoms with Gasteiger partial charge in [-0.05, 0) is 26.3 Å². The molecule has 3 aliphatic rings. The van der Waals surface area contributed by atoms with Gasteiger partial charge in [-0.25, -0.2) is 19.4 Å². The highest BCUT2D eigenvalue weighted by molar-refractivity contribution is 8.00. The van der Waals surface area contributed by atoms with Gasteiger partial charge in [-0.1, -0.05) is 5.16 Å². The van der Waals surface area contributed by atoms with E-state index in [4.69, 9.17) is 37.3 Å². The van der Waals surface area contributed by atoms with Crippen LogP contribution in [0.4, 0.5) is 9.93 Å². The van der Waals surface area contributed by atoms with E-state index in [9.17, 15) is 24.0 Å². The highest BCUT2D eigenvalue weighted by Crippen LogP contribution is 2.42. The number of halogens is 1. The molecule has 3 amide bonds. The highest BCUT2D eigenvalue weighted by atomic mass is 35.5. The van der Waals surface area contributed by atoms with Crippen LogP contribution in [-0.4, -0.2) is 95.8 Å². The Morgan fingerprint density at radius 1 is 1.24 bits per heavy atom. The smallest absolute Gasteiger partial charge is 0.413 e. The molecule has 1 saturated carbocycles. The first kappa shape index (κ1) is 30.7. The molecule has 0 bridgehead atoms. The number of rotatable bonds is 9. The molecule has 1 aromatic heterocycles. The number of carbonyl (C=O) groups is 5. The maximum Gasteiger partial charge on any atom is 0.413 e. The lowest BCUT2D eigenvalue weighted by Crippen LogP contribution is -2.71. The maximum atomic E-state index is 13.4. The minimum absolute atomic E-state index is 0.0322. The van der Waals surface area contributed by atoms with Gasteiger partial charge in [0.1, 0.15) is 28.4 Å². The molecule has 14 nitrogen and oxygen atoms in total. The van der Waals surface area contributed by atoms with Crippen molar-refractivity contribution in [3.05, 3.63) is 22.3 Å². The third kappa shape index (κ3) is 6.48. The first-order chi connectivity index (χ1) is 19.3. The first-order valence-corrected chi connectivity index (χ1v) is 14.4. The van der Waals surface area contributed by atoms with E-state index in [2.05, 4.69) is 30.1 Å². The lowest BCUT2D eigenvalue weighted by atomic mass is 10.0. The summed E-state index contributed by atoms with van der Waals surface area (Å²) in [6.07, 6.45) is -0.284. The zero-order valence-corrected chi connectivity index (χ0v) is 24.3. The van der Waals surface area contributed by atoms with Crippen LogP contribution in [0.5, 0.6) is 0 Å². The summed E-state index contributed by atoms with van der Waals surface area (Å²) in [6.45, 7) is 5.07. The van der Waals surface area contributed by atoms with Crippen molar-refractivity contribution in [3.8, 4) is 0 Å². The maximum absolute atomic E-state index is 13.4. The molecule has 1 aliphatic carbocycles. The van der Waals surface area contributed by atoms with Crippen LogP contribution in [0, 0.1) is 0 Å². The van der Waals surface area contributed by atoms with Crippen molar-refractivity contribution >= 4 is 91.5 Å². The van der Waals surface area contributed by atoms with E-state index in [0.717, 1.165) is 16.2 Å². The molecule has 19 heteroatoms. The Hall–Kier alpha value is -3.24. The average Bonchev–Trinajstić information content (AvgIpc) is 3.59. The lowest BCUT2D eigenvalue weighted by molar-refractivity contribution is -0.150. The number of oxime groups is 1. The third-order valence-corrected chi connectivity index (χ3v) is 8.28. The Morgan fingerprint density at radius 3 is 2.54 bits per heavy atom. The fourth-order valence-electron chi connectivity index (χ4n) is 3.76. The zero-order chi connectivity index (χ0) is 30.1. The number of anilines is 1. The molecule has 2 aliphatic heterocycles. The number of ether oxygens (including phenoxy) is 1. The third-order valence-electron chi connectivity index (χ3n) is 5.86. The number of β-lactam (4-membered cyclic amide) rings is 1. The van der Waals surface area contributed by atoms with E-state index in [0.29, 0.717) is 5.57 Å². The van der Waals surface area contributed by atoms with E-state index >= 15 is 0 Å². The predicted octanol–water partition coefficient (Wildman–Crippen LogP) is 0.890. The molecular formula is C22H22B2ClN5O9S2. The van der Waals surface area contributed by atoms with Gasteiger partial charge in [0.25, 0.3) is 11.8 Å². The van der Waals surface area contributed by atoms with Gasteiger partial charge >= 0.3 is 34.1 Å². The molecule has 3 heterocycles. The van der Waals surface area contributed by atoms with Crippen LogP contribution >= 0.6 is 34.7 Å². The molecule has 4 radical (unpaired) electrons. The molecule has 1 aromatic rings. The van der Waals surface area contributed by atoms with E-state index < -0.39 is 58.2 Å². The van der Waals surface area contributed by atoms with Crippen molar-refractivity contribution in [2.24, 2.45) is 5.16 Å². The molecule has 1 saturated heterocycles. The molecular weight excluding hydrogens is 599 g/mol. The van der Waals surface area contributed by atoms with Crippen LogP contribution in [0.3, 0.4) is 0 Å². The van der Waals surface area contributed by atoms with Gasteiger partial charge in [0.05, 0.1) is 0 Å². The normalized spacial score (nSPS) is 21.2. The van der Waals surface area contributed by atoms with Crippen LogP contribution in [0.15, 0.2) is 21.8 Å². The largest absolute Gasteiger partial charge is 0.540 e. The summed E-state index contributed by atoms with van der Waals surface area (Å²) in [7, 11) is 10.0. The molecule has 2 N–H and O–H groups in total. The Kier molecular flexibility index (Phi) is 8.94. The van der Waals surface area contributed by atoms with Gasteiger partial charge in [-0.15, -0.1) is 34.7 Å². The highest BCUT2D eigenvalue weighted by Gasteiger charge is 2.56. The number of aromatic nitrogens is 1. The van der Waals surface area contributed by atoms with Crippen molar-refractivity contribution in [1.29, 1.82) is 0 Å². The molecule has 0 aromatic carbocycles. The van der Waals surface area contributed by atoms with E-state index in [-0.39, 0.29) is 41.0 Å². The molecule has 2 atom stereocenters. The number of fused-ring (bicyclic) bond motifs is 1. The molecule has 4 rings (SSSR count). The average molecular weight is 622 g/mol. The first-order valence-electron chi connectivity index (χ1n) is 11.9. The minimum Gasteiger partial charge on any atom is -0.540 e. The number of thioether (sulfide) groups is 1. The van der Waals surface area contributed by atoms with E-state index in [1.807, 2.05) is 0 Å². The Balaban J connectivity index is 1.56. The van der Waals surface area contributed by atoms with E-state index in [1.165, 1.54) is 17.1 Å².